The van der Waals surface area contributed by atoms with E-state index in [9.17, 15) is 0 Å². The Bertz CT molecular complexity index is 3450. The Kier molecular flexibility index (Phi) is 6.74. The van der Waals surface area contributed by atoms with Gasteiger partial charge in [-0.15, -0.1) is 0 Å². The fourth-order valence-corrected chi connectivity index (χ4v) is 11.2. The first-order chi connectivity index (χ1) is 29.3. The smallest absolute Gasteiger partial charge is 0.0622 e. The number of rotatable bonds is 3. The molecule has 272 valence electrons. The molecule has 0 saturated carbocycles. The molecule has 0 nitrogen and oxygen atoms in total. The molecule has 0 fully saturated rings. The van der Waals surface area contributed by atoms with E-state index in [-0.39, 0.29) is 0 Å². The lowest BCUT2D eigenvalue weighted by Gasteiger charge is -2.31. The Hall–Kier alpha value is -7.54. The van der Waals surface area contributed by atoms with Gasteiger partial charge in [-0.3, -0.25) is 0 Å². The van der Waals surface area contributed by atoms with Crippen molar-refractivity contribution in [1.29, 1.82) is 0 Å². The molecule has 0 heteroatoms. The molecular weight excluding hydrogens is 709 g/mol. The summed E-state index contributed by atoms with van der Waals surface area (Å²) in [6, 6.07) is 81.8. The molecule has 0 bridgehead atoms. The van der Waals surface area contributed by atoms with E-state index < -0.39 is 5.41 Å². The van der Waals surface area contributed by atoms with E-state index in [1.807, 2.05) is 0 Å². The molecule has 0 amide bonds. The molecule has 1 spiro atoms. The molecule has 0 unspecified atom stereocenters. The zero-order valence-electron chi connectivity index (χ0n) is 32.3. The molecular formula is C59H36. The van der Waals surface area contributed by atoms with Crippen LogP contribution in [0.15, 0.2) is 218 Å². The monoisotopic (exact) mass is 744 g/mol. The number of hydrogen-bond donors (Lipinski definition) is 0. The van der Waals surface area contributed by atoms with E-state index >= 15 is 0 Å². The summed E-state index contributed by atoms with van der Waals surface area (Å²) in [6.45, 7) is 0. The van der Waals surface area contributed by atoms with Crippen molar-refractivity contribution in [3.8, 4) is 55.6 Å². The standard InChI is InChI=1S/C59H36/c1-2-18-38(19-3-1)55-46-27-8-10-29-48(46)56(49-30-11-9-28-47(49)55)40-21-16-20-39(35-40)50-36-54-58(45-26-7-6-23-42(45)50)57-41-22-5-4-17-37(41)33-34-53(57)59(54)51-31-14-12-24-43(51)44-25-13-15-32-52(44)59/h1-36H. The molecule has 0 aliphatic heterocycles. The third kappa shape index (κ3) is 4.33. The first-order valence-corrected chi connectivity index (χ1v) is 20.7. The molecule has 13 rings (SSSR count). The summed E-state index contributed by atoms with van der Waals surface area (Å²) in [5.41, 5.74) is 17.9. The van der Waals surface area contributed by atoms with Gasteiger partial charge in [-0.05, 0) is 133 Å². The average Bonchev–Trinajstić information content (AvgIpc) is 3.78. The van der Waals surface area contributed by atoms with Crippen LogP contribution >= 0.6 is 0 Å². The molecule has 2 aliphatic carbocycles. The lowest BCUT2D eigenvalue weighted by Crippen LogP contribution is -2.26. The molecule has 0 saturated heterocycles. The van der Waals surface area contributed by atoms with E-state index in [1.165, 1.54) is 121 Å². The van der Waals surface area contributed by atoms with Gasteiger partial charge < -0.3 is 0 Å². The normalized spacial score (nSPS) is 13.2. The Morgan fingerprint density at radius 3 is 1.32 bits per heavy atom. The van der Waals surface area contributed by atoms with E-state index in [0.717, 1.165) is 0 Å². The van der Waals surface area contributed by atoms with E-state index in [1.54, 1.807) is 0 Å². The van der Waals surface area contributed by atoms with E-state index in [0.29, 0.717) is 0 Å². The zero-order valence-corrected chi connectivity index (χ0v) is 32.3. The minimum absolute atomic E-state index is 0.460. The predicted octanol–water partition coefficient (Wildman–Crippen LogP) is 15.6. The molecule has 0 atom stereocenters. The highest BCUT2D eigenvalue weighted by Crippen LogP contribution is 2.65. The lowest BCUT2D eigenvalue weighted by molar-refractivity contribution is 0.795. The summed E-state index contributed by atoms with van der Waals surface area (Å²) < 4.78 is 0. The second-order valence-corrected chi connectivity index (χ2v) is 16.2. The maximum atomic E-state index is 2.57. The van der Waals surface area contributed by atoms with E-state index in [4.69, 9.17) is 0 Å². The summed E-state index contributed by atoms with van der Waals surface area (Å²) >= 11 is 0. The Labute approximate surface area is 343 Å². The van der Waals surface area contributed by atoms with Crippen molar-refractivity contribution < 1.29 is 0 Å². The summed E-state index contributed by atoms with van der Waals surface area (Å²) in [7, 11) is 0. The highest BCUT2D eigenvalue weighted by molar-refractivity contribution is 6.22. The van der Waals surface area contributed by atoms with Gasteiger partial charge in [-0.2, -0.15) is 0 Å². The SMILES string of the molecule is c1ccc(-c2c3ccccc3c(-c3cccc(-c4cc5c(c6ccccc46)-c4c(ccc6ccccc46)C54c5ccccc5-c5ccccc54)c3)c3ccccc23)cc1. The molecule has 0 aromatic heterocycles. The van der Waals surface area contributed by atoms with Gasteiger partial charge in [-0.25, -0.2) is 0 Å². The van der Waals surface area contributed by atoms with Gasteiger partial charge in [-0.1, -0.05) is 206 Å². The molecule has 0 radical (unpaired) electrons. The van der Waals surface area contributed by atoms with Gasteiger partial charge in [0.05, 0.1) is 5.41 Å². The van der Waals surface area contributed by atoms with Crippen LogP contribution in [-0.4, -0.2) is 0 Å². The van der Waals surface area contributed by atoms with Gasteiger partial charge in [0.25, 0.3) is 0 Å². The van der Waals surface area contributed by atoms with E-state index in [2.05, 4.69) is 218 Å². The van der Waals surface area contributed by atoms with Gasteiger partial charge in [0.1, 0.15) is 0 Å². The van der Waals surface area contributed by atoms with Crippen molar-refractivity contribution in [2.24, 2.45) is 0 Å². The lowest BCUT2D eigenvalue weighted by atomic mass is 9.70. The maximum Gasteiger partial charge on any atom is 0.0726 e. The van der Waals surface area contributed by atoms with Crippen molar-refractivity contribution in [2.75, 3.05) is 0 Å². The van der Waals surface area contributed by atoms with Gasteiger partial charge in [0.15, 0.2) is 0 Å². The van der Waals surface area contributed by atoms with Crippen LogP contribution in [0.4, 0.5) is 0 Å². The fraction of sp³-hybridized carbons (Fsp3) is 0.0169. The van der Waals surface area contributed by atoms with Crippen molar-refractivity contribution in [3.63, 3.8) is 0 Å². The molecule has 2 aliphatic rings. The number of hydrogen-bond acceptors (Lipinski definition) is 0. The largest absolute Gasteiger partial charge is 0.0726 e. The van der Waals surface area contributed by atoms with Crippen molar-refractivity contribution in [2.45, 2.75) is 5.41 Å². The Morgan fingerprint density at radius 2 is 0.678 bits per heavy atom. The highest BCUT2D eigenvalue weighted by Gasteiger charge is 2.52. The Morgan fingerprint density at radius 1 is 0.220 bits per heavy atom. The van der Waals surface area contributed by atoms with Crippen LogP contribution in [0.5, 0.6) is 0 Å². The predicted molar refractivity (Wildman–Crippen MR) is 249 cm³/mol. The van der Waals surface area contributed by atoms with Crippen LogP contribution < -0.4 is 0 Å². The third-order valence-corrected chi connectivity index (χ3v) is 13.4. The summed E-state index contributed by atoms with van der Waals surface area (Å²) in [5, 5.41) is 10.2. The van der Waals surface area contributed by atoms with Crippen LogP contribution in [-0.2, 0) is 5.41 Å². The van der Waals surface area contributed by atoms with Crippen LogP contribution in [0.25, 0.3) is 98.7 Å². The van der Waals surface area contributed by atoms with Gasteiger partial charge in [0.2, 0.25) is 0 Å². The fourth-order valence-electron chi connectivity index (χ4n) is 11.2. The van der Waals surface area contributed by atoms with Crippen LogP contribution in [0, 0.1) is 0 Å². The van der Waals surface area contributed by atoms with Crippen LogP contribution in [0.1, 0.15) is 22.3 Å². The van der Waals surface area contributed by atoms with Crippen LogP contribution in [0.2, 0.25) is 0 Å². The topological polar surface area (TPSA) is 0 Å². The second-order valence-electron chi connectivity index (χ2n) is 16.2. The Balaban J connectivity index is 1.13. The van der Waals surface area contributed by atoms with Gasteiger partial charge in [0, 0.05) is 0 Å². The zero-order chi connectivity index (χ0) is 38.7. The molecule has 0 N–H and O–H groups in total. The first-order valence-electron chi connectivity index (χ1n) is 20.7. The van der Waals surface area contributed by atoms with Crippen molar-refractivity contribution in [3.05, 3.63) is 241 Å². The second kappa shape index (κ2) is 12.2. The minimum atomic E-state index is -0.460. The summed E-state index contributed by atoms with van der Waals surface area (Å²) in [4.78, 5) is 0. The van der Waals surface area contributed by atoms with Crippen molar-refractivity contribution in [1.82, 2.24) is 0 Å². The number of benzene rings is 11. The summed E-state index contributed by atoms with van der Waals surface area (Å²) in [6.07, 6.45) is 0. The van der Waals surface area contributed by atoms with Gasteiger partial charge >= 0.3 is 0 Å². The first kappa shape index (κ1) is 32.5. The maximum absolute atomic E-state index is 2.57. The molecule has 11 aromatic rings. The molecule has 11 aromatic carbocycles. The third-order valence-electron chi connectivity index (χ3n) is 13.4. The molecule has 59 heavy (non-hydrogen) atoms. The minimum Gasteiger partial charge on any atom is -0.0622 e. The molecule has 0 heterocycles. The summed E-state index contributed by atoms with van der Waals surface area (Å²) in [5.74, 6) is 0. The highest BCUT2D eigenvalue weighted by atomic mass is 14.5. The average molecular weight is 745 g/mol. The van der Waals surface area contributed by atoms with Crippen molar-refractivity contribution >= 4 is 43.1 Å². The number of fused-ring (bicyclic) bond motifs is 16. The van der Waals surface area contributed by atoms with Crippen LogP contribution in [0.3, 0.4) is 0 Å². The quantitative estimate of drug-likeness (QED) is 0.158.